The number of aromatic hydroxyl groups is 1. The first-order valence-electron chi connectivity index (χ1n) is 9.94. The molecule has 4 N–H and O–H groups in total. The Labute approximate surface area is 154 Å². The van der Waals surface area contributed by atoms with Crippen molar-refractivity contribution in [1.82, 2.24) is 16.0 Å². The minimum atomic E-state index is 0.358. The van der Waals surface area contributed by atoms with E-state index in [1.807, 2.05) is 0 Å². The van der Waals surface area contributed by atoms with E-state index in [0.29, 0.717) is 23.9 Å². The summed E-state index contributed by atoms with van der Waals surface area (Å²) in [6.07, 6.45) is 2.69. The lowest BCUT2D eigenvalue weighted by Gasteiger charge is -2.20. The maximum atomic E-state index is 10.8. The molecular weight excluding hydrogens is 310 g/mol. The topological polar surface area (TPSA) is 56.3 Å². The second-order valence-corrected chi connectivity index (χ2v) is 7.25. The van der Waals surface area contributed by atoms with E-state index in [4.69, 9.17) is 0 Å². The number of benzene rings is 1. The number of phenols is 1. The smallest absolute Gasteiger partial charge is 0.122 e. The minimum Gasteiger partial charge on any atom is -0.507 e. The van der Waals surface area contributed by atoms with E-state index in [1.165, 1.54) is 5.56 Å². The fourth-order valence-electron chi connectivity index (χ4n) is 3.54. The molecule has 3 atom stereocenters. The van der Waals surface area contributed by atoms with Crippen LogP contribution in [-0.2, 0) is 19.3 Å². The molecule has 25 heavy (non-hydrogen) atoms. The van der Waals surface area contributed by atoms with Gasteiger partial charge >= 0.3 is 0 Å². The molecular formula is C21H39N3O. The summed E-state index contributed by atoms with van der Waals surface area (Å²) < 4.78 is 0. The third-order valence-corrected chi connectivity index (χ3v) is 4.58. The number of hydrogen-bond acceptors (Lipinski definition) is 4. The maximum Gasteiger partial charge on any atom is 0.122 e. The molecule has 0 aliphatic heterocycles. The summed E-state index contributed by atoms with van der Waals surface area (Å²) in [4.78, 5) is 0. The van der Waals surface area contributed by atoms with Gasteiger partial charge in [-0.15, -0.1) is 0 Å². The van der Waals surface area contributed by atoms with E-state index in [0.717, 1.165) is 50.0 Å². The van der Waals surface area contributed by atoms with Gasteiger partial charge in [0, 0.05) is 18.1 Å². The van der Waals surface area contributed by atoms with Crippen LogP contribution < -0.4 is 16.0 Å². The molecule has 0 saturated carbocycles. The van der Waals surface area contributed by atoms with Crippen LogP contribution in [-0.4, -0.2) is 42.9 Å². The standard InChI is InChI=1S/C21H39N3O/c1-7-22-15(4)10-18-13-19(11-16(5)23-8-2)21(25)20(14-18)12-17(6)24-9-3/h13-17,22-25H,7-12H2,1-6H3. The predicted molar refractivity (Wildman–Crippen MR) is 109 cm³/mol. The second-order valence-electron chi connectivity index (χ2n) is 7.25. The Morgan fingerprint density at radius 2 is 1.08 bits per heavy atom. The summed E-state index contributed by atoms with van der Waals surface area (Å²) >= 11 is 0. The summed E-state index contributed by atoms with van der Waals surface area (Å²) in [5.41, 5.74) is 3.44. The van der Waals surface area contributed by atoms with E-state index in [-0.39, 0.29) is 0 Å². The Morgan fingerprint density at radius 3 is 1.44 bits per heavy atom. The van der Waals surface area contributed by atoms with Crippen molar-refractivity contribution in [2.75, 3.05) is 19.6 Å². The van der Waals surface area contributed by atoms with E-state index in [2.05, 4.69) is 69.6 Å². The van der Waals surface area contributed by atoms with Gasteiger partial charge in [-0.2, -0.15) is 0 Å². The van der Waals surface area contributed by atoms with Crippen LogP contribution in [0.3, 0.4) is 0 Å². The molecule has 0 saturated heterocycles. The van der Waals surface area contributed by atoms with Crippen LogP contribution in [0.25, 0.3) is 0 Å². The number of phenolic OH excluding ortho intramolecular Hbond substituents is 1. The molecule has 0 spiro atoms. The van der Waals surface area contributed by atoms with Gasteiger partial charge in [0.15, 0.2) is 0 Å². The zero-order valence-corrected chi connectivity index (χ0v) is 17.1. The van der Waals surface area contributed by atoms with Gasteiger partial charge in [-0.1, -0.05) is 32.9 Å². The Hall–Kier alpha value is -1.10. The average molecular weight is 350 g/mol. The van der Waals surface area contributed by atoms with Crippen molar-refractivity contribution in [3.63, 3.8) is 0 Å². The Morgan fingerprint density at radius 1 is 0.720 bits per heavy atom. The average Bonchev–Trinajstić information content (AvgIpc) is 2.52. The summed E-state index contributed by atoms with van der Waals surface area (Å²) in [5.74, 6) is 0.481. The molecule has 0 heterocycles. The van der Waals surface area contributed by atoms with E-state index in [1.54, 1.807) is 0 Å². The lowest BCUT2D eigenvalue weighted by atomic mass is 9.93. The highest BCUT2D eigenvalue weighted by atomic mass is 16.3. The molecule has 4 nitrogen and oxygen atoms in total. The summed E-state index contributed by atoms with van der Waals surface area (Å²) in [7, 11) is 0. The van der Waals surface area contributed by atoms with Crippen molar-refractivity contribution in [3.05, 3.63) is 28.8 Å². The summed E-state index contributed by atoms with van der Waals surface area (Å²) in [6, 6.07) is 5.54. The van der Waals surface area contributed by atoms with Crippen LogP contribution in [0, 0.1) is 0 Å². The molecule has 0 aliphatic carbocycles. The Kier molecular flexibility index (Phi) is 10.1. The van der Waals surface area contributed by atoms with Crippen LogP contribution in [0.2, 0.25) is 0 Å². The number of nitrogens with one attached hydrogen (secondary N) is 3. The largest absolute Gasteiger partial charge is 0.507 e. The highest BCUT2D eigenvalue weighted by Gasteiger charge is 2.15. The van der Waals surface area contributed by atoms with Gasteiger partial charge in [0.25, 0.3) is 0 Å². The van der Waals surface area contributed by atoms with Gasteiger partial charge in [0.2, 0.25) is 0 Å². The van der Waals surface area contributed by atoms with Crippen molar-refractivity contribution >= 4 is 0 Å². The molecule has 1 rings (SSSR count). The first kappa shape index (κ1) is 21.9. The minimum absolute atomic E-state index is 0.358. The molecule has 0 radical (unpaired) electrons. The zero-order valence-electron chi connectivity index (χ0n) is 17.1. The van der Waals surface area contributed by atoms with E-state index >= 15 is 0 Å². The van der Waals surface area contributed by atoms with E-state index in [9.17, 15) is 5.11 Å². The zero-order chi connectivity index (χ0) is 18.8. The number of hydrogen-bond donors (Lipinski definition) is 4. The van der Waals surface area contributed by atoms with Gasteiger partial charge in [-0.25, -0.2) is 0 Å². The lowest BCUT2D eigenvalue weighted by Crippen LogP contribution is -2.29. The van der Waals surface area contributed by atoms with Gasteiger partial charge in [-0.05, 0) is 76.4 Å². The Balaban J connectivity index is 3.06. The van der Waals surface area contributed by atoms with Crippen molar-refractivity contribution in [3.8, 4) is 5.75 Å². The predicted octanol–water partition coefficient (Wildman–Crippen LogP) is 3.01. The molecule has 0 aromatic heterocycles. The van der Waals surface area contributed by atoms with E-state index < -0.39 is 0 Å². The van der Waals surface area contributed by atoms with Crippen molar-refractivity contribution in [1.29, 1.82) is 0 Å². The molecule has 0 amide bonds. The SMILES string of the molecule is CCNC(C)Cc1cc(CC(C)NCC)c(O)c(CC(C)NCC)c1. The summed E-state index contributed by atoms with van der Waals surface area (Å²) in [6.45, 7) is 15.8. The first-order chi connectivity index (χ1) is 11.9. The quantitative estimate of drug-likeness (QED) is 0.469. The van der Waals surface area contributed by atoms with Gasteiger partial charge in [0.1, 0.15) is 5.75 Å². The third-order valence-electron chi connectivity index (χ3n) is 4.58. The van der Waals surface area contributed by atoms with Crippen LogP contribution in [0.4, 0.5) is 0 Å². The van der Waals surface area contributed by atoms with Gasteiger partial charge in [-0.3, -0.25) is 0 Å². The summed E-state index contributed by atoms with van der Waals surface area (Å²) in [5, 5.41) is 21.2. The molecule has 1 aromatic carbocycles. The highest BCUT2D eigenvalue weighted by Crippen LogP contribution is 2.28. The van der Waals surface area contributed by atoms with Crippen LogP contribution in [0.15, 0.2) is 12.1 Å². The first-order valence-corrected chi connectivity index (χ1v) is 9.94. The van der Waals surface area contributed by atoms with Gasteiger partial charge < -0.3 is 21.1 Å². The monoisotopic (exact) mass is 349 g/mol. The van der Waals surface area contributed by atoms with Crippen LogP contribution in [0.5, 0.6) is 5.75 Å². The van der Waals surface area contributed by atoms with Gasteiger partial charge in [0.05, 0.1) is 0 Å². The van der Waals surface area contributed by atoms with Crippen LogP contribution in [0.1, 0.15) is 58.2 Å². The van der Waals surface area contributed by atoms with Crippen LogP contribution >= 0.6 is 0 Å². The highest BCUT2D eigenvalue weighted by molar-refractivity contribution is 5.45. The van der Waals surface area contributed by atoms with Crippen molar-refractivity contribution in [2.45, 2.75) is 78.9 Å². The molecule has 0 bridgehead atoms. The fraction of sp³-hybridized carbons (Fsp3) is 0.714. The molecule has 144 valence electrons. The molecule has 3 unspecified atom stereocenters. The molecule has 1 aromatic rings. The maximum absolute atomic E-state index is 10.8. The lowest BCUT2D eigenvalue weighted by molar-refractivity contribution is 0.446. The fourth-order valence-corrected chi connectivity index (χ4v) is 3.54. The molecule has 0 fully saturated rings. The third kappa shape index (κ3) is 7.76. The normalized spacial score (nSPS) is 15.1. The number of likely N-dealkylation sites (N-methyl/N-ethyl adjacent to an activating group) is 3. The Bertz CT molecular complexity index is 469. The second kappa shape index (κ2) is 11.5. The molecule has 0 aliphatic rings. The van der Waals surface area contributed by atoms with Crippen molar-refractivity contribution in [2.24, 2.45) is 0 Å². The molecule has 4 heteroatoms. The number of rotatable bonds is 12. The van der Waals surface area contributed by atoms with Crippen molar-refractivity contribution < 1.29 is 5.11 Å².